The molecule has 3 heterocycles. The van der Waals surface area contributed by atoms with Crippen LogP contribution in [0.15, 0.2) is 11.1 Å². The Bertz CT molecular complexity index is 893. The van der Waals surface area contributed by atoms with Crippen molar-refractivity contribution in [3.8, 4) is 0 Å². The van der Waals surface area contributed by atoms with E-state index in [4.69, 9.17) is 15.2 Å². The Morgan fingerprint density at radius 2 is 2.33 bits per heavy atom. The molecule has 2 aromatic heterocycles. The van der Waals surface area contributed by atoms with Crippen molar-refractivity contribution in [2.24, 2.45) is 13.0 Å². The predicted molar refractivity (Wildman–Crippen MR) is 94.5 cm³/mol. The van der Waals surface area contributed by atoms with E-state index in [0.717, 1.165) is 0 Å². The number of carbonyl (C=O) groups excluding carboxylic acids is 1. The van der Waals surface area contributed by atoms with Gasteiger partial charge in [0, 0.05) is 26.0 Å². The number of carbonyl (C=O) groups is 1. The number of nitrogens with one attached hydrogen (secondary N) is 2. The number of ether oxygens (including phenoxy) is 2. The summed E-state index contributed by atoms with van der Waals surface area (Å²) in [6.45, 7) is 2.62. The van der Waals surface area contributed by atoms with Gasteiger partial charge in [0.15, 0.2) is 6.33 Å². The van der Waals surface area contributed by atoms with Crippen molar-refractivity contribution in [3.05, 3.63) is 16.7 Å². The number of nitrogen functional groups attached to an aromatic ring is 1. The maximum Gasteiger partial charge on any atom is 0.313 e. The molecule has 0 aliphatic carbocycles. The van der Waals surface area contributed by atoms with Gasteiger partial charge in [-0.1, -0.05) is 4.98 Å². The molecule has 4 atom stereocenters. The third-order valence-corrected chi connectivity index (χ3v) is 4.80. The molecule has 1 aliphatic rings. The first-order valence-corrected chi connectivity index (χ1v) is 8.68. The van der Waals surface area contributed by atoms with Gasteiger partial charge in [0.05, 0.1) is 19.8 Å². The number of nitrogens with two attached hydrogens (primary N) is 1. The van der Waals surface area contributed by atoms with Gasteiger partial charge in [-0.15, -0.1) is 0 Å². The third kappa shape index (κ3) is 3.66. The van der Waals surface area contributed by atoms with Crippen LogP contribution in [0.2, 0.25) is 0 Å². The summed E-state index contributed by atoms with van der Waals surface area (Å²) in [6.07, 6.45) is -0.363. The molecule has 1 saturated heterocycles. The number of rotatable bonds is 6. The number of aliphatic hydroxyl groups is 1. The van der Waals surface area contributed by atoms with E-state index >= 15 is 0 Å². The van der Waals surface area contributed by atoms with Gasteiger partial charge in [-0.3, -0.25) is 19.1 Å². The molecular weight excluding hydrogens is 356 g/mol. The molecule has 1 fully saturated rings. The van der Waals surface area contributed by atoms with E-state index in [0.29, 0.717) is 24.3 Å². The number of aliphatic hydroxyl groups excluding tert-OH is 1. The Kier molecular flexibility index (Phi) is 5.44. The number of imidazole rings is 1. The monoisotopic (exact) mass is 381 g/mol. The minimum Gasteiger partial charge on any atom is -0.386 e. The second kappa shape index (κ2) is 7.62. The molecule has 3 rings (SSSR count). The number of aromatic nitrogens is 4. The summed E-state index contributed by atoms with van der Waals surface area (Å²) in [4.78, 5) is 30.9. The quantitative estimate of drug-likeness (QED) is 0.340. The Morgan fingerprint density at radius 3 is 3.04 bits per heavy atom. The summed E-state index contributed by atoms with van der Waals surface area (Å²) in [5.74, 6) is -0.615. The third-order valence-electron chi connectivity index (χ3n) is 4.80. The highest BCUT2D eigenvalue weighted by Gasteiger charge is 2.46. The SMILES string of the molecule is COCCNC(=O)CC1[C@@H](O)C([n+]2cn(C)c3c(=O)[nH]c(N)nc32)O[C@@H]1C. The standard InChI is InChI=1S/C16H24N6O5/c1-8-9(6-10(23)18-4-5-26-3)12(24)15(27-8)22-7-21(2)11-13(22)19-16(17)20-14(11)25/h7-9,12,15,24H,4-6H2,1-3H3,(H3-,17,18,19,20,23,25)/p+1/t8-,9?,12-,15?/m1/s1. The van der Waals surface area contributed by atoms with E-state index in [9.17, 15) is 14.7 Å². The maximum atomic E-state index is 12.2. The minimum absolute atomic E-state index is 0.0259. The van der Waals surface area contributed by atoms with Gasteiger partial charge < -0.3 is 25.6 Å². The van der Waals surface area contributed by atoms with E-state index in [1.807, 2.05) is 0 Å². The lowest BCUT2D eigenvalue weighted by atomic mass is 9.94. The molecule has 1 aliphatic heterocycles. The van der Waals surface area contributed by atoms with E-state index in [-0.39, 0.29) is 29.9 Å². The Morgan fingerprint density at radius 1 is 1.59 bits per heavy atom. The summed E-state index contributed by atoms with van der Waals surface area (Å²) in [7, 11) is 3.25. The number of amides is 1. The van der Waals surface area contributed by atoms with Crippen LogP contribution in [-0.4, -0.2) is 58.0 Å². The molecule has 27 heavy (non-hydrogen) atoms. The smallest absolute Gasteiger partial charge is 0.313 e. The number of H-pyrrole nitrogens is 1. The second-order valence-electron chi connectivity index (χ2n) is 6.69. The largest absolute Gasteiger partial charge is 0.386 e. The maximum absolute atomic E-state index is 12.2. The number of aromatic amines is 1. The van der Waals surface area contributed by atoms with Crippen molar-refractivity contribution in [3.63, 3.8) is 0 Å². The molecule has 148 valence electrons. The number of nitrogens with zero attached hydrogens (tertiary/aromatic N) is 3. The number of hydrogen-bond donors (Lipinski definition) is 4. The highest BCUT2D eigenvalue weighted by Crippen LogP contribution is 2.33. The summed E-state index contributed by atoms with van der Waals surface area (Å²) >= 11 is 0. The first kappa shape index (κ1) is 19.3. The summed E-state index contributed by atoms with van der Waals surface area (Å²) < 4.78 is 14.0. The van der Waals surface area contributed by atoms with E-state index in [1.54, 1.807) is 36.5 Å². The molecule has 11 nitrogen and oxygen atoms in total. The fraction of sp³-hybridized carbons (Fsp3) is 0.625. The predicted octanol–water partition coefficient (Wildman–Crippen LogP) is -1.82. The summed E-state index contributed by atoms with van der Waals surface area (Å²) in [5.41, 5.74) is 5.90. The van der Waals surface area contributed by atoms with Crippen molar-refractivity contribution in [1.29, 1.82) is 0 Å². The van der Waals surface area contributed by atoms with Crippen molar-refractivity contribution >= 4 is 23.0 Å². The zero-order chi connectivity index (χ0) is 19.7. The number of hydrogen-bond acceptors (Lipinski definition) is 7. The Labute approximate surface area is 155 Å². The molecule has 5 N–H and O–H groups in total. The first-order valence-electron chi connectivity index (χ1n) is 8.68. The Hall–Kier alpha value is -2.50. The van der Waals surface area contributed by atoms with Crippen molar-refractivity contribution in [1.82, 2.24) is 19.9 Å². The normalized spacial score (nSPS) is 25.2. The van der Waals surface area contributed by atoms with Crippen LogP contribution < -0.4 is 21.2 Å². The average molecular weight is 381 g/mol. The summed E-state index contributed by atoms with van der Waals surface area (Å²) in [6, 6.07) is 0. The van der Waals surface area contributed by atoms with Gasteiger partial charge in [-0.05, 0) is 6.92 Å². The van der Waals surface area contributed by atoms with Crippen LogP contribution in [0.5, 0.6) is 0 Å². The van der Waals surface area contributed by atoms with Crippen LogP contribution in [0, 0.1) is 5.92 Å². The van der Waals surface area contributed by atoms with Crippen LogP contribution >= 0.6 is 0 Å². The second-order valence-corrected chi connectivity index (χ2v) is 6.69. The summed E-state index contributed by atoms with van der Waals surface area (Å²) in [5, 5.41) is 13.5. The van der Waals surface area contributed by atoms with Gasteiger partial charge >= 0.3 is 5.65 Å². The van der Waals surface area contributed by atoms with Gasteiger partial charge in [0.2, 0.25) is 17.7 Å². The van der Waals surface area contributed by atoms with E-state index in [1.165, 1.54) is 0 Å². The van der Waals surface area contributed by atoms with Crippen molar-refractivity contribution in [2.45, 2.75) is 31.8 Å². The van der Waals surface area contributed by atoms with Gasteiger partial charge in [0.25, 0.3) is 11.5 Å². The van der Waals surface area contributed by atoms with E-state index < -0.39 is 18.2 Å². The number of aryl methyl sites for hydroxylation is 1. The number of fused-ring (bicyclic) bond motifs is 1. The van der Waals surface area contributed by atoms with Crippen LogP contribution in [0.4, 0.5) is 5.95 Å². The van der Waals surface area contributed by atoms with Crippen molar-refractivity contribution in [2.75, 3.05) is 26.0 Å². The molecule has 0 aromatic carbocycles. The van der Waals surface area contributed by atoms with Crippen LogP contribution in [0.1, 0.15) is 19.6 Å². The van der Waals surface area contributed by atoms with Gasteiger partial charge in [0.1, 0.15) is 6.10 Å². The van der Waals surface area contributed by atoms with Gasteiger partial charge in [-0.25, -0.2) is 4.57 Å². The van der Waals surface area contributed by atoms with Crippen LogP contribution in [-0.2, 0) is 21.3 Å². The first-order chi connectivity index (χ1) is 12.8. The zero-order valence-corrected chi connectivity index (χ0v) is 15.5. The number of anilines is 1. The van der Waals surface area contributed by atoms with Crippen LogP contribution in [0.3, 0.4) is 0 Å². The topological polar surface area (TPSA) is 148 Å². The molecule has 0 saturated carbocycles. The van der Waals surface area contributed by atoms with Crippen LogP contribution in [0.25, 0.3) is 11.2 Å². The minimum atomic E-state index is -0.953. The molecule has 1 amide bonds. The molecule has 0 spiro atoms. The highest BCUT2D eigenvalue weighted by molar-refractivity contribution is 5.76. The molecular formula is C16H25N6O5+. The fourth-order valence-corrected chi connectivity index (χ4v) is 3.44. The fourth-order valence-electron chi connectivity index (χ4n) is 3.44. The molecule has 0 radical (unpaired) electrons. The van der Waals surface area contributed by atoms with E-state index in [2.05, 4.69) is 15.3 Å². The highest BCUT2D eigenvalue weighted by atomic mass is 16.5. The zero-order valence-electron chi connectivity index (χ0n) is 15.5. The molecule has 0 bridgehead atoms. The van der Waals surface area contributed by atoms with Gasteiger partial charge in [-0.2, -0.15) is 0 Å². The Balaban J connectivity index is 1.84. The van der Waals surface area contributed by atoms with Crippen molar-refractivity contribution < 1.29 is 23.9 Å². The average Bonchev–Trinajstić information content (AvgIpc) is 3.06. The molecule has 2 aromatic rings. The molecule has 2 unspecified atom stereocenters. The lowest BCUT2D eigenvalue weighted by Gasteiger charge is -2.17. The number of methoxy groups -OCH3 is 1. The molecule has 11 heteroatoms. The lowest BCUT2D eigenvalue weighted by Crippen LogP contribution is -2.45. The lowest BCUT2D eigenvalue weighted by molar-refractivity contribution is -0.745.